The van der Waals surface area contributed by atoms with Crippen LogP contribution in [-0.2, 0) is 30.7 Å². The molecular weight excluding hydrogens is 191 g/mol. The second kappa shape index (κ2) is 248. The standard InChI is InChI=1S/C4H7.3CO.Co/c1-3-4-2;3*1-2;/h3-4H,1H2,2H3;;;;. The second-order valence-electron chi connectivity index (χ2n) is 0.569. The maximum absolute atomic E-state index is 7.50. The van der Waals surface area contributed by atoms with Crippen molar-refractivity contribution in [3.05, 3.63) is 39.7 Å². The summed E-state index contributed by atoms with van der Waals surface area (Å²) in [5.74, 6) is 0. The Balaban J connectivity index is -0.0000000152. The van der Waals surface area contributed by atoms with Crippen LogP contribution < -0.4 is 0 Å². The van der Waals surface area contributed by atoms with Crippen molar-refractivity contribution in [2.45, 2.75) is 6.92 Å². The van der Waals surface area contributed by atoms with Gasteiger partial charge < -0.3 is 0 Å². The fourth-order valence-corrected chi connectivity index (χ4v) is 0. The van der Waals surface area contributed by atoms with E-state index in [1.807, 2.05) is 13.3 Å². The summed E-state index contributed by atoms with van der Waals surface area (Å²) in [6.07, 6.45) is 3.64. The van der Waals surface area contributed by atoms with Crippen LogP contribution in [0.1, 0.15) is 6.92 Å². The van der Waals surface area contributed by atoms with Crippen LogP contribution in [0.25, 0.3) is 0 Å². The first-order valence-electron chi connectivity index (χ1n) is 1.93. The van der Waals surface area contributed by atoms with E-state index in [1.165, 1.54) is 0 Å². The Bertz CT molecular complexity index is 59.2. The molecule has 0 saturated carbocycles. The van der Waals surface area contributed by atoms with Gasteiger partial charge >= 0.3 is 33.9 Å². The van der Waals surface area contributed by atoms with Gasteiger partial charge in [0.2, 0.25) is 0 Å². The molecule has 0 saturated heterocycles. The van der Waals surface area contributed by atoms with Crippen molar-refractivity contribution in [3.63, 3.8) is 0 Å². The molecule has 0 aliphatic heterocycles. The molecule has 0 heterocycles. The van der Waals surface area contributed by atoms with Crippen LogP contribution in [0.15, 0.2) is 0 Å². The molecule has 3 nitrogen and oxygen atoms in total. The van der Waals surface area contributed by atoms with Gasteiger partial charge in [0.05, 0.1) is 0 Å². The first-order valence-corrected chi connectivity index (χ1v) is 1.93. The third-order valence-corrected chi connectivity index (χ3v) is 0.236. The van der Waals surface area contributed by atoms with Crippen LogP contribution >= 0.6 is 0 Å². The van der Waals surface area contributed by atoms with Gasteiger partial charge in [-0.2, -0.15) is 0 Å². The zero-order valence-electron chi connectivity index (χ0n) is 5.92. The van der Waals surface area contributed by atoms with E-state index in [2.05, 4.69) is 26.9 Å². The second-order valence-corrected chi connectivity index (χ2v) is 0.569. The predicted octanol–water partition coefficient (Wildman–Crippen LogP) is 1.13. The maximum Gasteiger partial charge on any atom is 0 e. The van der Waals surface area contributed by atoms with E-state index >= 15 is 0 Å². The minimum atomic E-state index is 0. The van der Waals surface area contributed by atoms with Crippen LogP contribution in [0.4, 0.5) is 0 Å². The van der Waals surface area contributed by atoms with Crippen molar-refractivity contribution < 1.29 is 30.7 Å². The molecule has 0 fully saturated rings. The van der Waals surface area contributed by atoms with Gasteiger partial charge in [0.15, 0.2) is 0 Å². The Morgan fingerprint density at radius 1 is 1.00 bits per heavy atom. The maximum atomic E-state index is 7.50. The van der Waals surface area contributed by atoms with Crippen LogP contribution in [0.2, 0.25) is 0 Å². The van der Waals surface area contributed by atoms with Gasteiger partial charge in [-0.3, -0.25) is 0 Å². The molecule has 0 bridgehead atoms. The number of unbranched alkanes of at least 4 members (excludes halogenated alkanes) is 1. The molecular formula is C7H7CoO3. The largest absolute Gasteiger partial charge is 0.0620 e. The van der Waals surface area contributed by atoms with E-state index in [0.717, 1.165) is 0 Å². The zero-order chi connectivity index (χ0) is 9.41. The zero-order valence-corrected chi connectivity index (χ0v) is 6.96. The monoisotopic (exact) mass is 198 g/mol. The molecule has 0 aromatic carbocycles. The quantitative estimate of drug-likeness (QED) is 0.448. The van der Waals surface area contributed by atoms with E-state index in [1.54, 1.807) is 6.42 Å². The van der Waals surface area contributed by atoms with E-state index in [0.29, 0.717) is 0 Å². The fraction of sp³-hybridized carbons (Fsp3) is 0.143. The molecule has 0 aromatic rings. The van der Waals surface area contributed by atoms with Gasteiger partial charge in [-0.05, 0) is 19.8 Å². The predicted molar refractivity (Wildman–Crippen MR) is 31.4 cm³/mol. The Morgan fingerprint density at radius 3 is 1.09 bits per heavy atom. The third-order valence-electron chi connectivity index (χ3n) is 0.236. The smallest absolute Gasteiger partial charge is 0 e. The number of hydrogen-bond acceptors (Lipinski definition) is 0. The Kier molecular flexibility index (Phi) is 699. The van der Waals surface area contributed by atoms with Gasteiger partial charge in [-0.25, -0.2) is 0 Å². The molecule has 0 atom stereocenters. The first-order chi connectivity index (χ1) is 4.91. The van der Waals surface area contributed by atoms with E-state index in [4.69, 9.17) is 14.0 Å². The molecule has 0 rings (SSSR count). The molecule has 0 aliphatic carbocycles. The third kappa shape index (κ3) is 1100. The molecule has 4 heteroatoms. The summed E-state index contributed by atoms with van der Waals surface area (Å²) in [6.45, 7) is 18.9. The van der Waals surface area contributed by atoms with Crippen LogP contribution in [0.5, 0.6) is 0 Å². The van der Waals surface area contributed by atoms with E-state index in [-0.39, 0.29) is 16.8 Å². The van der Waals surface area contributed by atoms with Crippen molar-refractivity contribution >= 4 is 0 Å². The van der Waals surface area contributed by atoms with Crippen molar-refractivity contribution in [3.8, 4) is 0 Å². The molecule has 62 valence electrons. The topological polar surface area (TPSA) is 59.7 Å². The molecule has 0 unspecified atom stereocenters. The Labute approximate surface area is 77.9 Å². The fourth-order valence-electron chi connectivity index (χ4n) is 0. The summed E-state index contributed by atoms with van der Waals surface area (Å²) < 4.78 is 22.5. The van der Waals surface area contributed by atoms with Crippen molar-refractivity contribution in [1.82, 2.24) is 0 Å². The molecule has 0 amide bonds. The van der Waals surface area contributed by atoms with Gasteiger partial charge in [0, 0.05) is 16.8 Å². The summed E-state index contributed by atoms with van der Waals surface area (Å²) in [7, 11) is 0. The van der Waals surface area contributed by atoms with Gasteiger partial charge in [0.25, 0.3) is 0 Å². The SMILES string of the molecule is [C-]#[O+].[C-]#[O+].[C-]#[O+].[CH2][CH][CH]C.[Co]. The Hall–Kier alpha value is -0.274. The summed E-state index contributed by atoms with van der Waals surface area (Å²) >= 11 is 0. The molecule has 0 N–H and O–H groups in total. The van der Waals surface area contributed by atoms with E-state index in [9.17, 15) is 0 Å². The molecule has 0 spiro atoms. The average Bonchev–Trinajstić information content (AvgIpc) is 2.14. The van der Waals surface area contributed by atoms with Gasteiger partial charge in [-0.15, -0.1) is 0 Å². The molecule has 0 aromatic heterocycles. The van der Waals surface area contributed by atoms with E-state index < -0.39 is 0 Å². The minimum absolute atomic E-state index is 0. The number of rotatable bonds is 1. The minimum Gasteiger partial charge on any atom is -0.0620 e. The van der Waals surface area contributed by atoms with Gasteiger partial charge in [-0.1, -0.05) is 6.92 Å². The van der Waals surface area contributed by atoms with Crippen molar-refractivity contribution in [2.75, 3.05) is 0 Å². The molecule has 11 heavy (non-hydrogen) atoms. The van der Waals surface area contributed by atoms with Crippen molar-refractivity contribution in [2.24, 2.45) is 0 Å². The summed E-state index contributed by atoms with van der Waals surface area (Å²) in [4.78, 5) is 0. The number of hydrogen-bond donors (Lipinski definition) is 0. The normalized spacial score (nSPS) is 3.27. The first kappa shape index (κ1) is 30.9. The molecule has 4 radical (unpaired) electrons. The van der Waals surface area contributed by atoms with Crippen LogP contribution in [0, 0.1) is 39.7 Å². The molecule has 0 aliphatic rings. The summed E-state index contributed by atoms with van der Waals surface area (Å²) in [5, 5.41) is 0. The summed E-state index contributed by atoms with van der Waals surface area (Å²) in [6, 6.07) is 0. The van der Waals surface area contributed by atoms with Crippen molar-refractivity contribution in [1.29, 1.82) is 0 Å². The average molecular weight is 198 g/mol. The van der Waals surface area contributed by atoms with Crippen LogP contribution in [-0.4, -0.2) is 0 Å². The summed E-state index contributed by atoms with van der Waals surface area (Å²) in [5.41, 5.74) is 0. The Morgan fingerprint density at radius 2 is 1.09 bits per heavy atom. The van der Waals surface area contributed by atoms with Crippen LogP contribution in [0.3, 0.4) is 0 Å². The van der Waals surface area contributed by atoms with Gasteiger partial charge in [0.1, 0.15) is 0 Å².